The molecular formula is C16H14Cl2N2O. The van der Waals surface area contributed by atoms with E-state index in [4.69, 9.17) is 23.2 Å². The van der Waals surface area contributed by atoms with Gasteiger partial charge in [-0.3, -0.25) is 4.79 Å². The van der Waals surface area contributed by atoms with Crippen LogP contribution >= 0.6 is 23.2 Å². The number of nitrogens with one attached hydrogen (secondary N) is 2. The third-order valence-electron chi connectivity index (χ3n) is 3.58. The van der Waals surface area contributed by atoms with Gasteiger partial charge in [0.25, 0.3) is 0 Å². The average molecular weight is 321 g/mol. The predicted molar refractivity (Wildman–Crippen MR) is 87.3 cm³/mol. The molecule has 21 heavy (non-hydrogen) atoms. The molecule has 1 heterocycles. The number of hydrogen-bond donors (Lipinski definition) is 2. The van der Waals surface area contributed by atoms with Crippen LogP contribution in [-0.4, -0.2) is 11.9 Å². The minimum Gasteiger partial charge on any atom is -0.372 e. The van der Waals surface area contributed by atoms with Crippen LogP contribution in [0, 0.1) is 0 Å². The fourth-order valence-electron chi connectivity index (χ4n) is 2.45. The van der Waals surface area contributed by atoms with E-state index in [0.717, 1.165) is 17.7 Å². The van der Waals surface area contributed by atoms with Crippen molar-refractivity contribution >= 4 is 40.5 Å². The molecule has 1 aliphatic rings. The Morgan fingerprint density at radius 2 is 1.90 bits per heavy atom. The largest absolute Gasteiger partial charge is 0.372 e. The van der Waals surface area contributed by atoms with Crippen LogP contribution in [0.3, 0.4) is 0 Å². The highest BCUT2D eigenvalue weighted by atomic mass is 35.5. The number of carbonyl (C=O) groups excluding carboxylic acids is 1. The third kappa shape index (κ3) is 2.99. The van der Waals surface area contributed by atoms with Crippen LogP contribution in [0.5, 0.6) is 0 Å². The Hall–Kier alpha value is -1.71. The van der Waals surface area contributed by atoms with Gasteiger partial charge < -0.3 is 10.6 Å². The van der Waals surface area contributed by atoms with Gasteiger partial charge in [-0.05, 0) is 36.6 Å². The summed E-state index contributed by atoms with van der Waals surface area (Å²) in [4.78, 5) is 12.3. The van der Waals surface area contributed by atoms with Gasteiger partial charge in [0, 0.05) is 5.69 Å². The summed E-state index contributed by atoms with van der Waals surface area (Å²) in [6.45, 7) is 0. The molecule has 0 saturated carbocycles. The molecule has 1 unspecified atom stereocenters. The van der Waals surface area contributed by atoms with Crippen molar-refractivity contribution in [1.82, 2.24) is 0 Å². The topological polar surface area (TPSA) is 41.1 Å². The van der Waals surface area contributed by atoms with Crippen molar-refractivity contribution in [2.45, 2.75) is 18.9 Å². The van der Waals surface area contributed by atoms with Crippen LogP contribution in [0.25, 0.3) is 0 Å². The summed E-state index contributed by atoms with van der Waals surface area (Å²) in [5, 5.41) is 7.05. The van der Waals surface area contributed by atoms with Crippen molar-refractivity contribution in [2.24, 2.45) is 0 Å². The summed E-state index contributed by atoms with van der Waals surface area (Å²) < 4.78 is 0. The summed E-state index contributed by atoms with van der Waals surface area (Å²) in [5.41, 5.74) is 2.70. The monoisotopic (exact) mass is 320 g/mol. The van der Waals surface area contributed by atoms with E-state index in [9.17, 15) is 4.79 Å². The molecule has 0 fully saturated rings. The molecule has 0 spiro atoms. The third-order valence-corrected chi connectivity index (χ3v) is 4.39. The molecule has 1 amide bonds. The molecule has 2 aromatic rings. The van der Waals surface area contributed by atoms with Gasteiger partial charge in [-0.1, -0.05) is 47.5 Å². The lowest BCUT2D eigenvalue weighted by Gasteiger charge is -2.17. The van der Waals surface area contributed by atoms with Crippen LogP contribution in [0.4, 0.5) is 11.4 Å². The summed E-state index contributed by atoms with van der Waals surface area (Å²) in [5.74, 6) is -0.0593. The first-order valence-corrected chi connectivity index (χ1v) is 7.50. The van der Waals surface area contributed by atoms with Crippen LogP contribution in [0.2, 0.25) is 10.0 Å². The normalized spacial score (nSPS) is 17.6. The maximum absolute atomic E-state index is 12.3. The van der Waals surface area contributed by atoms with Crippen LogP contribution < -0.4 is 10.6 Å². The van der Waals surface area contributed by atoms with Crippen LogP contribution in [0.1, 0.15) is 12.0 Å². The van der Waals surface area contributed by atoms with E-state index in [1.165, 1.54) is 0 Å². The maximum atomic E-state index is 12.3. The van der Waals surface area contributed by atoms with Crippen molar-refractivity contribution in [2.75, 3.05) is 10.6 Å². The van der Waals surface area contributed by atoms with E-state index in [-0.39, 0.29) is 11.9 Å². The van der Waals surface area contributed by atoms with E-state index in [1.807, 2.05) is 30.3 Å². The van der Waals surface area contributed by atoms with Gasteiger partial charge in [0.15, 0.2) is 0 Å². The lowest BCUT2D eigenvalue weighted by molar-refractivity contribution is -0.116. The number of halogens is 2. The van der Waals surface area contributed by atoms with Crippen molar-refractivity contribution in [3.63, 3.8) is 0 Å². The number of rotatable bonds is 2. The Morgan fingerprint density at radius 1 is 1.10 bits per heavy atom. The number of fused-ring (bicyclic) bond motifs is 1. The fraction of sp³-hybridized carbons (Fsp3) is 0.188. The van der Waals surface area contributed by atoms with Crippen LogP contribution in [0.15, 0.2) is 42.5 Å². The number of carbonyl (C=O) groups is 1. The zero-order chi connectivity index (χ0) is 14.8. The van der Waals surface area contributed by atoms with Crippen molar-refractivity contribution in [3.05, 3.63) is 58.1 Å². The molecule has 0 aromatic heterocycles. The minimum absolute atomic E-state index is 0.0593. The number of para-hydroxylation sites is 1. The van der Waals surface area contributed by atoms with Gasteiger partial charge in [-0.15, -0.1) is 0 Å². The molecule has 3 nitrogen and oxygen atoms in total. The molecule has 2 aromatic carbocycles. The number of aryl methyl sites for hydroxylation is 1. The summed E-state index contributed by atoms with van der Waals surface area (Å²) in [6.07, 6.45) is 1.52. The zero-order valence-electron chi connectivity index (χ0n) is 11.2. The number of amides is 1. The van der Waals surface area contributed by atoms with E-state index in [0.29, 0.717) is 22.2 Å². The fourth-order valence-corrected chi connectivity index (χ4v) is 2.81. The predicted octanol–water partition coefficient (Wildman–Crippen LogP) is 4.36. The van der Waals surface area contributed by atoms with Crippen LogP contribution in [-0.2, 0) is 11.2 Å². The Kier molecular flexibility index (Phi) is 4.04. The molecule has 1 atom stereocenters. The van der Waals surface area contributed by atoms with E-state index >= 15 is 0 Å². The van der Waals surface area contributed by atoms with E-state index < -0.39 is 0 Å². The highest BCUT2D eigenvalue weighted by Crippen LogP contribution is 2.31. The van der Waals surface area contributed by atoms with Gasteiger partial charge in [0.2, 0.25) is 5.91 Å². The first-order valence-electron chi connectivity index (χ1n) is 6.74. The van der Waals surface area contributed by atoms with E-state index in [2.05, 4.69) is 10.6 Å². The molecule has 0 aliphatic carbocycles. The van der Waals surface area contributed by atoms with Crippen molar-refractivity contribution < 1.29 is 4.79 Å². The maximum Gasteiger partial charge on any atom is 0.246 e. The lowest BCUT2D eigenvalue weighted by atomic mass is 10.1. The quantitative estimate of drug-likeness (QED) is 0.863. The van der Waals surface area contributed by atoms with Gasteiger partial charge in [-0.25, -0.2) is 0 Å². The Morgan fingerprint density at radius 3 is 2.76 bits per heavy atom. The molecule has 0 saturated heterocycles. The highest BCUT2D eigenvalue weighted by molar-refractivity contribution is 6.43. The molecule has 0 radical (unpaired) electrons. The van der Waals surface area contributed by atoms with Crippen molar-refractivity contribution in [1.29, 1.82) is 0 Å². The average Bonchev–Trinajstić information content (AvgIpc) is 2.63. The van der Waals surface area contributed by atoms with Gasteiger partial charge in [0.05, 0.1) is 15.7 Å². The Bertz CT molecular complexity index is 688. The minimum atomic E-state index is -0.339. The molecular weight excluding hydrogens is 307 g/mol. The standard InChI is InChI=1S/C16H14Cl2N2O/c17-11-5-3-7-13(15(11)18)19-14-9-8-10-4-1-2-6-12(10)20-16(14)21/h1-7,14,19H,8-9H2,(H,20,21). The van der Waals surface area contributed by atoms with E-state index in [1.54, 1.807) is 12.1 Å². The molecule has 2 N–H and O–H groups in total. The number of anilines is 2. The summed E-state index contributed by atoms with van der Waals surface area (Å²) in [7, 11) is 0. The second-order valence-corrected chi connectivity index (χ2v) is 5.77. The molecule has 0 bridgehead atoms. The molecule has 3 rings (SSSR count). The molecule has 108 valence electrons. The number of benzene rings is 2. The van der Waals surface area contributed by atoms with Gasteiger partial charge in [-0.2, -0.15) is 0 Å². The second-order valence-electron chi connectivity index (χ2n) is 4.98. The van der Waals surface area contributed by atoms with Crippen molar-refractivity contribution in [3.8, 4) is 0 Å². The zero-order valence-corrected chi connectivity index (χ0v) is 12.7. The smallest absolute Gasteiger partial charge is 0.246 e. The summed E-state index contributed by atoms with van der Waals surface area (Å²) >= 11 is 12.2. The molecule has 5 heteroatoms. The Balaban J connectivity index is 1.82. The summed E-state index contributed by atoms with van der Waals surface area (Å²) in [6, 6.07) is 12.9. The van der Waals surface area contributed by atoms with Gasteiger partial charge in [0.1, 0.15) is 6.04 Å². The SMILES string of the molecule is O=C1Nc2ccccc2CCC1Nc1cccc(Cl)c1Cl. The van der Waals surface area contributed by atoms with Gasteiger partial charge >= 0.3 is 0 Å². The first kappa shape index (κ1) is 14.2. The molecule has 1 aliphatic heterocycles. The number of hydrogen-bond acceptors (Lipinski definition) is 2. The highest BCUT2D eigenvalue weighted by Gasteiger charge is 2.24. The Labute approximate surface area is 133 Å². The first-order chi connectivity index (χ1) is 10.1. The lowest BCUT2D eigenvalue weighted by Crippen LogP contribution is -2.33. The second kappa shape index (κ2) is 5.96.